The average Bonchev–Trinajstić information content (AvgIpc) is 3.00. The molecule has 3 heterocycles. The van der Waals surface area contributed by atoms with Crippen molar-refractivity contribution in [2.75, 3.05) is 57.8 Å². The highest BCUT2D eigenvalue weighted by atomic mass is 32.2. The molecule has 3 aromatic carbocycles. The maximum Gasteiger partial charge on any atom is 0.259 e. The van der Waals surface area contributed by atoms with Crippen molar-refractivity contribution in [2.24, 2.45) is 0 Å². The Morgan fingerprint density at radius 3 is 2.31 bits per heavy atom. The number of aliphatic hydroxyl groups is 2. The van der Waals surface area contributed by atoms with Crippen molar-refractivity contribution in [2.45, 2.75) is 5.91 Å². The Kier molecular flexibility index (Phi) is 7.95. The number of benzene rings is 3. The zero-order valence-corrected chi connectivity index (χ0v) is 23.9. The zero-order valence-electron chi connectivity index (χ0n) is 23.1. The largest absolute Gasteiger partial charge is 0.349 e. The first-order chi connectivity index (χ1) is 20.2. The van der Waals surface area contributed by atoms with Crippen LogP contribution in [0.4, 0.5) is 8.78 Å². The Balaban J connectivity index is 1.35. The summed E-state index contributed by atoms with van der Waals surface area (Å²) in [4.78, 5) is 27.8. The number of likely N-dealkylation sites (N-methyl/N-ethyl adjacent to an activating group) is 1. The molecular formula is C31H31F2N5O3S. The molecule has 11 heteroatoms. The third-order valence-electron chi connectivity index (χ3n) is 7.91. The highest BCUT2D eigenvalue weighted by Crippen LogP contribution is 2.35. The quantitative estimate of drug-likeness (QED) is 0.339. The SMILES string of the molecule is CN1CCN(C(=O)c2cccc(-c3cnc4cccc(-c5cc(F)c(C(O)(O)N6CCSCC6)c(F)c5)c4n3)c2)CC1. The van der Waals surface area contributed by atoms with Crippen molar-refractivity contribution in [1.82, 2.24) is 24.7 Å². The number of amides is 1. The van der Waals surface area contributed by atoms with Crippen LogP contribution in [0.25, 0.3) is 33.4 Å². The Morgan fingerprint density at radius 2 is 1.60 bits per heavy atom. The van der Waals surface area contributed by atoms with Gasteiger partial charge in [0.2, 0.25) is 0 Å². The lowest BCUT2D eigenvalue weighted by atomic mass is 9.99. The Hall–Kier alpha value is -3.48. The fraction of sp³-hybridized carbons (Fsp3) is 0.323. The van der Waals surface area contributed by atoms with Crippen molar-refractivity contribution in [1.29, 1.82) is 0 Å². The minimum atomic E-state index is -2.77. The van der Waals surface area contributed by atoms with E-state index in [4.69, 9.17) is 4.98 Å². The van der Waals surface area contributed by atoms with Crippen LogP contribution in [0.5, 0.6) is 0 Å². The van der Waals surface area contributed by atoms with Gasteiger partial charge < -0.3 is 20.0 Å². The summed E-state index contributed by atoms with van der Waals surface area (Å²) in [5, 5.41) is 21.5. The van der Waals surface area contributed by atoms with Gasteiger partial charge in [-0.2, -0.15) is 11.8 Å². The Bertz CT molecular complexity index is 1620. The molecule has 2 fully saturated rings. The summed E-state index contributed by atoms with van der Waals surface area (Å²) in [5.41, 5.74) is 2.52. The van der Waals surface area contributed by atoms with Gasteiger partial charge in [0.15, 0.2) is 0 Å². The molecule has 0 unspecified atom stereocenters. The third kappa shape index (κ3) is 5.50. The first-order valence-electron chi connectivity index (χ1n) is 13.8. The van der Waals surface area contributed by atoms with Crippen LogP contribution >= 0.6 is 11.8 Å². The van der Waals surface area contributed by atoms with Crippen LogP contribution in [-0.2, 0) is 5.91 Å². The van der Waals surface area contributed by atoms with E-state index in [0.717, 1.165) is 25.2 Å². The molecule has 42 heavy (non-hydrogen) atoms. The molecule has 0 aliphatic carbocycles. The molecule has 2 N–H and O–H groups in total. The maximum absolute atomic E-state index is 15.4. The van der Waals surface area contributed by atoms with E-state index in [0.29, 0.717) is 71.1 Å². The molecule has 2 aliphatic heterocycles. The van der Waals surface area contributed by atoms with E-state index in [1.54, 1.807) is 54.4 Å². The van der Waals surface area contributed by atoms with Crippen LogP contribution in [0, 0.1) is 11.6 Å². The second kappa shape index (κ2) is 11.7. The monoisotopic (exact) mass is 591 g/mol. The van der Waals surface area contributed by atoms with Crippen LogP contribution in [0.3, 0.4) is 0 Å². The van der Waals surface area contributed by atoms with Crippen LogP contribution in [0.2, 0.25) is 0 Å². The fourth-order valence-electron chi connectivity index (χ4n) is 5.49. The number of piperazine rings is 1. The molecule has 6 rings (SSSR count). The fourth-order valence-corrected chi connectivity index (χ4v) is 6.39. The summed E-state index contributed by atoms with van der Waals surface area (Å²) >= 11 is 1.64. The number of hydrogen-bond acceptors (Lipinski definition) is 8. The second-order valence-electron chi connectivity index (χ2n) is 10.7. The van der Waals surface area contributed by atoms with Gasteiger partial charge in [0.05, 0.1) is 28.5 Å². The smallest absolute Gasteiger partial charge is 0.259 e. The average molecular weight is 592 g/mol. The summed E-state index contributed by atoms with van der Waals surface area (Å²) in [6.45, 7) is 3.55. The predicted octanol–water partition coefficient (Wildman–Crippen LogP) is 3.77. The molecule has 0 saturated carbocycles. The molecule has 2 aliphatic rings. The number of rotatable bonds is 5. The minimum absolute atomic E-state index is 0.0439. The van der Waals surface area contributed by atoms with Crippen LogP contribution in [0.1, 0.15) is 15.9 Å². The summed E-state index contributed by atoms with van der Waals surface area (Å²) in [5.74, 6) is -3.68. The Morgan fingerprint density at radius 1 is 0.905 bits per heavy atom. The van der Waals surface area contributed by atoms with Gasteiger partial charge >= 0.3 is 0 Å². The molecule has 8 nitrogen and oxygen atoms in total. The predicted molar refractivity (Wildman–Crippen MR) is 159 cm³/mol. The zero-order chi connectivity index (χ0) is 29.4. The van der Waals surface area contributed by atoms with E-state index in [-0.39, 0.29) is 11.5 Å². The number of thioether (sulfide) groups is 1. The van der Waals surface area contributed by atoms with Crippen molar-refractivity contribution in [3.05, 3.63) is 83.6 Å². The third-order valence-corrected chi connectivity index (χ3v) is 8.85. The highest BCUT2D eigenvalue weighted by molar-refractivity contribution is 7.99. The summed E-state index contributed by atoms with van der Waals surface area (Å²) in [6, 6.07) is 14.6. The second-order valence-corrected chi connectivity index (χ2v) is 11.9. The molecule has 1 aromatic heterocycles. The van der Waals surface area contributed by atoms with Crippen molar-refractivity contribution < 1.29 is 23.8 Å². The molecule has 0 atom stereocenters. The molecule has 1 amide bonds. The van der Waals surface area contributed by atoms with E-state index in [1.807, 2.05) is 18.0 Å². The van der Waals surface area contributed by atoms with Gasteiger partial charge in [0.25, 0.3) is 11.8 Å². The topological polar surface area (TPSA) is 93.0 Å². The number of carbonyl (C=O) groups excluding carboxylic acids is 1. The van der Waals surface area contributed by atoms with E-state index >= 15 is 8.78 Å². The summed E-state index contributed by atoms with van der Waals surface area (Å²) in [7, 11) is 2.04. The molecule has 4 aromatic rings. The molecule has 218 valence electrons. The maximum atomic E-state index is 15.4. The lowest BCUT2D eigenvalue weighted by molar-refractivity contribution is -0.276. The van der Waals surface area contributed by atoms with E-state index in [9.17, 15) is 15.0 Å². The van der Waals surface area contributed by atoms with Crippen LogP contribution in [0.15, 0.2) is 60.8 Å². The first-order valence-corrected chi connectivity index (χ1v) is 15.0. The minimum Gasteiger partial charge on any atom is -0.349 e. The number of fused-ring (bicyclic) bond motifs is 1. The normalized spacial score (nSPS) is 17.1. The summed E-state index contributed by atoms with van der Waals surface area (Å²) < 4.78 is 30.8. The van der Waals surface area contributed by atoms with Gasteiger partial charge in [0, 0.05) is 67.5 Å². The highest BCUT2D eigenvalue weighted by Gasteiger charge is 2.40. The molecule has 0 radical (unpaired) electrons. The van der Waals surface area contributed by atoms with E-state index in [2.05, 4.69) is 9.88 Å². The number of para-hydroxylation sites is 1. The van der Waals surface area contributed by atoms with E-state index < -0.39 is 23.1 Å². The lowest BCUT2D eigenvalue weighted by Gasteiger charge is -2.37. The van der Waals surface area contributed by atoms with Crippen molar-refractivity contribution in [3.8, 4) is 22.4 Å². The molecule has 0 bridgehead atoms. The van der Waals surface area contributed by atoms with Crippen LogP contribution in [-0.4, -0.2) is 98.6 Å². The van der Waals surface area contributed by atoms with Crippen LogP contribution < -0.4 is 0 Å². The van der Waals surface area contributed by atoms with E-state index in [1.165, 1.54) is 4.90 Å². The number of nitrogens with zero attached hydrogens (tertiary/aromatic N) is 5. The molecular weight excluding hydrogens is 560 g/mol. The van der Waals surface area contributed by atoms with Gasteiger partial charge in [-0.3, -0.25) is 9.78 Å². The van der Waals surface area contributed by atoms with Crippen molar-refractivity contribution in [3.63, 3.8) is 0 Å². The molecule has 0 spiro atoms. The standard InChI is InChI=1S/C31H31F2N5O3S/c1-36-8-10-37(11-9-36)30(39)21-5-2-4-20(16-21)27-19-34-26-7-3-6-23(29(26)35-27)22-17-24(32)28(25(33)18-22)31(40,41)38-12-14-42-15-13-38/h2-7,16-19,40-41H,8-15H2,1H3. The van der Waals surface area contributed by atoms with Gasteiger partial charge in [-0.25, -0.2) is 18.7 Å². The van der Waals surface area contributed by atoms with Gasteiger partial charge in [-0.1, -0.05) is 24.3 Å². The molecule has 2 saturated heterocycles. The van der Waals surface area contributed by atoms with Gasteiger partial charge in [-0.15, -0.1) is 0 Å². The Labute approximate surface area is 246 Å². The lowest BCUT2D eigenvalue weighted by Crippen LogP contribution is -2.50. The number of carbonyl (C=O) groups is 1. The van der Waals surface area contributed by atoms with Gasteiger partial charge in [-0.05, 0) is 42.9 Å². The summed E-state index contributed by atoms with van der Waals surface area (Å²) in [6.07, 6.45) is 1.61. The number of hydrogen-bond donors (Lipinski definition) is 2. The first kappa shape index (κ1) is 28.6. The number of aromatic nitrogens is 2. The van der Waals surface area contributed by atoms with Gasteiger partial charge in [0.1, 0.15) is 11.6 Å². The number of halogens is 2. The van der Waals surface area contributed by atoms with Crippen molar-refractivity contribution >= 4 is 28.7 Å².